The molecule has 0 bridgehead atoms. The summed E-state index contributed by atoms with van der Waals surface area (Å²) in [4.78, 5) is 19.2. The predicted molar refractivity (Wildman–Crippen MR) is 106 cm³/mol. The van der Waals surface area contributed by atoms with Crippen molar-refractivity contribution in [3.63, 3.8) is 0 Å². The van der Waals surface area contributed by atoms with Gasteiger partial charge in [-0.15, -0.1) is 0 Å². The molecule has 0 atom stereocenters. The van der Waals surface area contributed by atoms with Crippen molar-refractivity contribution in [2.45, 2.75) is 13.3 Å². The highest BCUT2D eigenvalue weighted by atomic mass is 32.1. The van der Waals surface area contributed by atoms with E-state index in [1.165, 1.54) is 5.56 Å². The normalized spacial score (nSPS) is 14.3. The van der Waals surface area contributed by atoms with Crippen LogP contribution in [0.4, 0.5) is 10.8 Å². The third-order valence-electron chi connectivity index (χ3n) is 4.74. The highest BCUT2D eigenvalue weighted by molar-refractivity contribution is 7.22. The van der Waals surface area contributed by atoms with Crippen LogP contribution in [-0.4, -0.2) is 31.1 Å². The number of methoxy groups -OCH3 is 1. The van der Waals surface area contributed by atoms with Crippen LogP contribution in [0, 0.1) is 5.92 Å². The van der Waals surface area contributed by atoms with E-state index >= 15 is 0 Å². The Labute approximate surface area is 156 Å². The lowest BCUT2D eigenvalue weighted by atomic mass is 10.00. The van der Waals surface area contributed by atoms with E-state index in [0.29, 0.717) is 13.1 Å². The first-order valence-corrected chi connectivity index (χ1v) is 9.57. The number of carbonyl (C=O) groups excluding carboxylic acids is 1. The molecule has 3 aromatic rings. The maximum Gasteiger partial charge on any atom is 0.231 e. The van der Waals surface area contributed by atoms with Crippen molar-refractivity contribution in [3.05, 3.63) is 48.0 Å². The lowest BCUT2D eigenvalue weighted by Gasteiger charge is -2.37. The second kappa shape index (κ2) is 6.96. The second-order valence-electron chi connectivity index (χ2n) is 6.47. The van der Waals surface area contributed by atoms with Crippen molar-refractivity contribution in [2.75, 3.05) is 30.4 Å². The first-order chi connectivity index (χ1) is 12.7. The fraction of sp³-hybridized carbons (Fsp3) is 0.300. The van der Waals surface area contributed by atoms with Crippen molar-refractivity contribution < 1.29 is 9.53 Å². The number of nitrogens with one attached hydrogen (secondary N) is 1. The molecule has 1 aliphatic rings. The molecule has 0 spiro atoms. The monoisotopic (exact) mass is 367 g/mol. The molecule has 0 aliphatic carbocycles. The Morgan fingerprint density at radius 3 is 2.73 bits per heavy atom. The number of aromatic nitrogens is 1. The number of benzene rings is 2. The Morgan fingerprint density at radius 2 is 2.04 bits per heavy atom. The van der Waals surface area contributed by atoms with E-state index in [1.54, 1.807) is 18.4 Å². The molecule has 1 amide bonds. The number of aryl methyl sites for hydroxylation is 1. The maximum absolute atomic E-state index is 12.4. The van der Waals surface area contributed by atoms with Crippen molar-refractivity contribution in [3.8, 4) is 5.75 Å². The van der Waals surface area contributed by atoms with E-state index in [4.69, 9.17) is 4.74 Å². The van der Waals surface area contributed by atoms with E-state index in [9.17, 15) is 4.79 Å². The van der Waals surface area contributed by atoms with Crippen LogP contribution in [0.15, 0.2) is 42.5 Å². The minimum Gasteiger partial charge on any atom is -0.497 e. The molecule has 1 N–H and O–H groups in total. The summed E-state index contributed by atoms with van der Waals surface area (Å²) in [5, 5.41) is 3.97. The zero-order valence-electron chi connectivity index (χ0n) is 14.9. The lowest BCUT2D eigenvalue weighted by molar-refractivity contribution is -0.120. The second-order valence-corrected chi connectivity index (χ2v) is 7.48. The van der Waals surface area contributed by atoms with E-state index in [1.807, 2.05) is 30.3 Å². The number of carbonyl (C=O) groups is 1. The molecule has 0 radical (unpaired) electrons. The molecule has 1 fully saturated rings. The number of fused-ring (bicyclic) bond motifs is 1. The largest absolute Gasteiger partial charge is 0.497 e. The van der Waals surface area contributed by atoms with Gasteiger partial charge in [-0.05, 0) is 42.3 Å². The van der Waals surface area contributed by atoms with Crippen LogP contribution in [0.5, 0.6) is 5.75 Å². The molecule has 1 saturated heterocycles. The van der Waals surface area contributed by atoms with Crippen LogP contribution < -0.4 is 15.0 Å². The fourth-order valence-electron chi connectivity index (χ4n) is 3.02. The third-order valence-corrected chi connectivity index (χ3v) is 5.82. The van der Waals surface area contributed by atoms with Gasteiger partial charge in [0.05, 0.1) is 23.2 Å². The molecule has 1 aromatic heterocycles. The minimum atomic E-state index is 0.00222. The van der Waals surface area contributed by atoms with E-state index in [-0.39, 0.29) is 11.8 Å². The summed E-state index contributed by atoms with van der Waals surface area (Å²) < 4.78 is 6.36. The van der Waals surface area contributed by atoms with Gasteiger partial charge in [-0.25, -0.2) is 4.98 Å². The zero-order chi connectivity index (χ0) is 18.1. The van der Waals surface area contributed by atoms with Gasteiger partial charge in [0.1, 0.15) is 5.75 Å². The molecule has 5 nitrogen and oxygen atoms in total. The highest BCUT2D eigenvalue weighted by Crippen LogP contribution is 2.34. The third kappa shape index (κ3) is 3.24. The number of amides is 1. The number of ether oxygens (including phenoxy) is 1. The molecular formula is C20H21N3O2S. The summed E-state index contributed by atoms with van der Waals surface area (Å²) in [5.41, 5.74) is 3.10. The number of nitrogens with zero attached hydrogens (tertiary/aromatic N) is 2. The average molecular weight is 367 g/mol. The van der Waals surface area contributed by atoms with Crippen LogP contribution in [0.2, 0.25) is 0 Å². The standard InChI is InChI=1S/C20H21N3O2S/c1-3-13-4-6-15(7-5-13)21-19(24)14-11-23(12-14)20-22-17-9-8-16(25-2)10-18(17)26-20/h4-10,14H,3,11-12H2,1-2H3,(H,21,24). The van der Waals surface area contributed by atoms with Gasteiger partial charge in [0.2, 0.25) is 5.91 Å². The van der Waals surface area contributed by atoms with Crippen LogP contribution in [-0.2, 0) is 11.2 Å². The van der Waals surface area contributed by atoms with E-state index < -0.39 is 0 Å². The lowest BCUT2D eigenvalue weighted by Crippen LogP contribution is -2.52. The van der Waals surface area contributed by atoms with E-state index in [2.05, 4.69) is 34.3 Å². The zero-order valence-corrected chi connectivity index (χ0v) is 15.7. The molecule has 4 rings (SSSR count). The van der Waals surface area contributed by atoms with Crippen molar-refractivity contribution >= 4 is 38.3 Å². The van der Waals surface area contributed by atoms with Gasteiger partial charge < -0.3 is 15.0 Å². The summed E-state index contributed by atoms with van der Waals surface area (Å²) in [6.07, 6.45) is 1.000. The molecular weight excluding hydrogens is 346 g/mol. The molecule has 0 saturated carbocycles. The molecule has 26 heavy (non-hydrogen) atoms. The molecule has 0 unspecified atom stereocenters. The Kier molecular flexibility index (Phi) is 4.51. The first kappa shape index (κ1) is 16.8. The number of hydrogen-bond donors (Lipinski definition) is 1. The maximum atomic E-state index is 12.4. The molecule has 1 aliphatic heterocycles. The Balaban J connectivity index is 1.37. The van der Waals surface area contributed by atoms with Crippen molar-refractivity contribution in [2.24, 2.45) is 5.92 Å². The minimum absolute atomic E-state index is 0.00222. The number of rotatable bonds is 5. The van der Waals surface area contributed by atoms with Gasteiger partial charge in [0, 0.05) is 18.8 Å². The van der Waals surface area contributed by atoms with Crippen molar-refractivity contribution in [1.82, 2.24) is 4.98 Å². The molecule has 2 heterocycles. The van der Waals surface area contributed by atoms with Crippen LogP contribution in [0.1, 0.15) is 12.5 Å². The van der Waals surface area contributed by atoms with E-state index in [0.717, 1.165) is 33.2 Å². The summed E-state index contributed by atoms with van der Waals surface area (Å²) in [6, 6.07) is 13.9. The van der Waals surface area contributed by atoms with Gasteiger partial charge >= 0.3 is 0 Å². The van der Waals surface area contributed by atoms with Crippen LogP contribution in [0.3, 0.4) is 0 Å². The van der Waals surface area contributed by atoms with Gasteiger partial charge in [-0.2, -0.15) is 0 Å². The Morgan fingerprint density at radius 1 is 1.27 bits per heavy atom. The number of hydrogen-bond acceptors (Lipinski definition) is 5. The predicted octanol–water partition coefficient (Wildman–Crippen LogP) is 3.94. The van der Waals surface area contributed by atoms with Gasteiger partial charge in [0.25, 0.3) is 0 Å². The van der Waals surface area contributed by atoms with Gasteiger partial charge in [0.15, 0.2) is 5.13 Å². The SMILES string of the molecule is CCc1ccc(NC(=O)C2CN(c3nc4ccc(OC)cc4s3)C2)cc1. The highest BCUT2D eigenvalue weighted by Gasteiger charge is 2.34. The number of anilines is 2. The van der Waals surface area contributed by atoms with Gasteiger partial charge in [-0.3, -0.25) is 4.79 Å². The van der Waals surface area contributed by atoms with Gasteiger partial charge in [-0.1, -0.05) is 30.4 Å². The Bertz CT molecular complexity index is 930. The first-order valence-electron chi connectivity index (χ1n) is 8.75. The Hall–Kier alpha value is -2.60. The molecule has 2 aromatic carbocycles. The summed E-state index contributed by atoms with van der Waals surface area (Å²) >= 11 is 1.64. The van der Waals surface area contributed by atoms with Crippen LogP contribution >= 0.6 is 11.3 Å². The fourth-order valence-corrected chi connectivity index (χ4v) is 4.04. The summed E-state index contributed by atoms with van der Waals surface area (Å²) in [6.45, 7) is 3.53. The smallest absolute Gasteiger partial charge is 0.231 e. The number of thiazole rings is 1. The van der Waals surface area contributed by atoms with Crippen molar-refractivity contribution in [1.29, 1.82) is 0 Å². The molecule has 6 heteroatoms. The average Bonchev–Trinajstić information content (AvgIpc) is 3.03. The topological polar surface area (TPSA) is 54.5 Å². The van der Waals surface area contributed by atoms with Crippen LogP contribution in [0.25, 0.3) is 10.2 Å². The summed E-state index contributed by atoms with van der Waals surface area (Å²) in [5.74, 6) is 0.915. The summed E-state index contributed by atoms with van der Waals surface area (Å²) in [7, 11) is 1.66. The quantitative estimate of drug-likeness (QED) is 0.742. The molecule has 134 valence electrons.